The Morgan fingerprint density at radius 1 is 1.18 bits per heavy atom. The van der Waals surface area contributed by atoms with Crippen molar-refractivity contribution >= 4 is 27.7 Å². The number of carbonyl (C=O) groups excluding carboxylic acids is 2. The predicted octanol–water partition coefficient (Wildman–Crippen LogP) is 3.26. The second-order valence-electron chi connectivity index (χ2n) is 8.52. The lowest BCUT2D eigenvalue weighted by molar-refractivity contribution is -0.136. The molecule has 1 saturated carbocycles. The van der Waals surface area contributed by atoms with Crippen LogP contribution < -0.4 is 5.32 Å². The molecule has 28 heavy (non-hydrogen) atoms. The molecule has 1 unspecified atom stereocenters. The van der Waals surface area contributed by atoms with Gasteiger partial charge in [-0.1, -0.05) is 28.1 Å². The third-order valence-corrected chi connectivity index (χ3v) is 7.01. The molecule has 2 heterocycles. The minimum Gasteiger partial charge on any atom is -0.381 e. The molecule has 0 spiro atoms. The molecule has 3 fully saturated rings. The van der Waals surface area contributed by atoms with Crippen LogP contribution in [0.1, 0.15) is 44.1 Å². The number of piperidine rings is 1. The second-order valence-corrected chi connectivity index (χ2v) is 9.43. The maximum Gasteiger partial charge on any atom is 0.225 e. The SMILES string of the molecule is O=C(NCC1(c2cccc(Br)c2)CCOCC1)C1CCCN(C(=O)C2CC2)C1. The summed E-state index contributed by atoms with van der Waals surface area (Å²) in [6.45, 7) is 3.44. The first-order valence-corrected chi connectivity index (χ1v) is 11.3. The van der Waals surface area contributed by atoms with E-state index in [0.29, 0.717) is 13.1 Å². The van der Waals surface area contributed by atoms with Crippen LogP contribution >= 0.6 is 15.9 Å². The van der Waals surface area contributed by atoms with Crippen LogP contribution in [0.25, 0.3) is 0 Å². The summed E-state index contributed by atoms with van der Waals surface area (Å²) in [5.41, 5.74) is 1.16. The summed E-state index contributed by atoms with van der Waals surface area (Å²) in [5.74, 6) is 0.487. The molecule has 0 radical (unpaired) electrons. The lowest BCUT2D eigenvalue weighted by atomic mass is 9.74. The zero-order chi connectivity index (χ0) is 19.6. The Morgan fingerprint density at radius 3 is 2.68 bits per heavy atom. The summed E-state index contributed by atoms with van der Waals surface area (Å²) >= 11 is 3.58. The van der Waals surface area contributed by atoms with Crippen molar-refractivity contribution in [1.82, 2.24) is 10.2 Å². The van der Waals surface area contributed by atoms with E-state index in [2.05, 4.69) is 39.4 Å². The lowest BCUT2D eigenvalue weighted by Crippen LogP contribution is -2.49. The normalized spacial score (nSPS) is 24.6. The molecule has 2 saturated heterocycles. The number of benzene rings is 1. The average Bonchev–Trinajstić information content (AvgIpc) is 3.58. The molecule has 152 valence electrons. The highest BCUT2D eigenvalue weighted by Gasteiger charge is 2.38. The monoisotopic (exact) mass is 448 g/mol. The number of ether oxygens (including phenoxy) is 1. The molecule has 2 aliphatic heterocycles. The number of hydrogen-bond donors (Lipinski definition) is 1. The summed E-state index contributed by atoms with van der Waals surface area (Å²) in [6.07, 6.45) is 5.63. The number of amides is 2. The van der Waals surface area contributed by atoms with Gasteiger partial charge in [0.2, 0.25) is 11.8 Å². The summed E-state index contributed by atoms with van der Waals surface area (Å²) in [5, 5.41) is 3.24. The van der Waals surface area contributed by atoms with Crippen molar-refractivity contribution in [3.63, 3.8) is 0 Å². The number of likely N-dealkylation sites (tertiary alicyclic amines) is 1. The van der Waals surface area contributed by atoms with Crippen molar-refractivity contribution in [3.8, 4) is 0 Å². The summed E-state index contributed by atoms with van der Waals surface area (Å²) < 4.78 is 6.66. The van der Waals surface area contributed by atoms with Crippen molar-refractivity contribution in [3.05, 3.63) is 34.3 Å². The molecule has 1 aliphatic carbocycles. The Labute approximate surface area is 175 Å². The Bertz CT molecular complexity index is 728. The topological polar surface area (TPSA) is 58.6 Å². The number of nitrogens with one attached hydrogen (secondary N) is 1. The maximum atomic E-state index is 12.9. The molecule has 1 atom stereocenters. The van der Waals surface area contributed by atoms with Gasteiger partial charge in [0.05, 0.1) is 5.92 Å². The van der Waals surface area contributed by atoms with E-state index in [-0.39, 0.29) is 29.1 Å². The Hall–Kier alpha value is -1.40. The Balaban J connectivity index is 1.40. The quantitative estimate of drug-likeness (QED) is 0.751. The van der Waals surface area contributed by atoms with E-state index >= 15 is 0 Å². The van der Waals surface area contributed by atoms with Crippen LogP contribution in [0.15, 0.2) is 28.7 Å². The van der Waals surface area contributed by atoms with E-state index in [1.54, 1.807) is 0 Å². The summed E-state index contributed by atoms with van der Waals surface area (Å²) in [6, 6.07) is 8.40. The third kappa shape index (κ3) is 4.43. The van der Waals surface area contributed by atoms with Gasteiger partial charge in [-0.3, -0.25) is 9.59 Å². The van der Waals surface area contributed by atoms with Crippen LogP contribution in [0, 0.1) is 11.8 Å². The molecular formula is C22H29BrN2O3. The molecule has 3 aliphatic rings. The van der Waals surface area contributed by atoms with E-state index in [1.807, 2.05) is 11.0 Å². The van der Waals surface area contributed by atoms with Crippen molar-refractivity contribution in [2.24, 2.45) is 11.8 Å². The Kier molecular flexibility index (Phi) is 6.07. The van der Waals surface area contributed by atoms with Crippen LogP contribution in [-0.4, -0.2) is 49.6 Å². The van der Waals surface area contributed by atoms with Gasteiger partial charge in [0.15, 0.2) is 0 Å². The average molecular weight is 449 g/mol. The van der Waals surface area contributed by atoms with Gasteiger partial charge < -0.3 is 15.0 Å². The summed E-state index contributed by atoms with van der Waals surface area (Å²) in [4.78, 5) is 27.2. The second kappa shape index (κ2) is 8.54. The number of hydrogen-bond acceptors (Lipinski definition) is 3. The molecular weight excluding hydrogens is 420 g/mol. The minimum atomic E-state index is -0.0874. The highest BCUT2D eigenvalue weighted by Crippen LogP contribution is 2.36. The van der Waals surface area contributed by atoms with E-state index in [9.17, 15) is 9.59 Å². The number of carbonyl (C=O) groups is 2. The van der Waals surface area contributed by atoms with Gasteiger partial charge in [0.25, 0.3) is 0 Å². The molecule has 0 bridgehead atoms. The van der Waals surface area contributed by atoms with Crippen LogP contribution in [-0.2, 0) is 19.7 Å². The lowest BCUT2D eigenvalue weighted by Gasteiger charge is -2.39. The highest BCUT2D eigenvalue weighted by atomic mass is 79.9. The number of rotatable bonds is 5. The summed E-state index contributed by atoms with van der Waals surface area (Å²) in [7, 11) is 0. The number of nitrogens with zero attached hydrogens (tertiary/aromatic N) is 1. The zero-order valence-electron chi connectivity index (χ0n) is 16.3. The molecule has 5 nitrogen and oxygen atoms in total. The fourth-order valence-electron chi connectivity index (χ4n) is 4.53. The van der Waals surface area contributed by atoms with Gasteiger partial charge >= 0.3 is 0 Å². The van der Waals surface area contributed by atoms with Crippen LogP contribution in [0.5, 0.6) is 0 Å². The minimum absolute atomic E-state index is 0.0872. The van der Waals surface area contributed by atoms with E-state index in [0.717, 1.165) is 62.8 Å². The molecule has 0 aromatic heterocycles. The maximum absolute atomic E-state index is 12.9. The van der Waals surface area contributed by atoms with E-state index in [1.165, 1.54) is 5.56 Å². The van der Waals surface area contributed by atoms with Crippen LogP contribution in [0.3, 0.4) is 0 Å². The molecule has 1 N–H and O–H groups in total. The third-order valence-electron chi connectivity index (χ3n) is 6.52. The number of halogens is 1. The van der Waals surface area contributed by atoms with Crippen molar-refractivity contribution in [1.29, 1.82) is 0 Å². The van der Waals surface area contributed by atoms with Crippen molar-refractivity contribution < 1.29 is 14.3 Å². The fraction of sp³-hybridized carbons (Fsp3) is 0.636. The largest absolute Gasteiger partial charge is 0.381 e. The fourth-order valence-corrected chi connectivity index (χ4v) is 4.93. The smallest absolute Gasteiger partial charge is 0.225 e. The van der Waals surface area contributed by atoms with Crippen LogP contribution in [0.2, 0.25) is 0 Å². The van der Waals surface area contributed by atoms with Gasteiger partial charge in [-0.05, 0) is 56.2 Å². The van der Waals surface area contributed by atoms with Gasteiger partial charge in [-0.25, -0.2) is 0 Å². The van der Waals surface area contributed by atoms with Gasteiger partial charge in [0.1, 0.15) is 0 Å². The zero-order valence-corrected chi connectivity index (χ0v) is 17.9. The predicted molar refractivity (Wildman–Crippen MR) is 111 cm³/mol. The molecule has 6 heteroatoms. The first kappa shape index (κ1) is 19.9. The van der Waals surface area contributed by atoms with Gasteiger partial charge in [0, 0.05) is 48.7 Å². The first-order valence-electron chi connectivity index (χ1n) is 10.5. The van der Waals surface area contributed by atoms with Crippen molar-refractivity contribution in [2.75, 3.05) is 32.8 Å². The highest BCUT2D eigenvalue weighted by molar-refractivity contribution is 9.10. The Morgan fingerprint density at radius 2 is 1.96 bits per heavy atom. The van der Waals surface area contributed by atoms with Crippen molar-refractivity contribution in [2.45, 2.75) is 43.9 Å². The first-order chi connectivity index (χ1) is 13.6. The van der Waals surface area contributed by atoms with Gasteiger partial charge in [-0.15, -0.1) is 0 Å². The molecule has 4 rings (SSSR count). The molecule has 1 aromatic carbocycles. The van der Waals surface area contributed by atoms with Gasteiger partial charge in [-0.2, -0.15) is 0 Å². The van der Waals surface area contributed by atoms with E-state index < -0.39 is 0 Å². The molecule has 1 aromatic rings. The molecule has 2 amide bonds. The standard InChI is InChI=1S/C22H29BrN2O3/c23-19-5-1-4-18(13-19)22(8-11-28-12-9-22)15-24-20(26)17-3-2-10-25(14-17)21(27)16-6-7-16/h1,4-5,13,16-17H,2-3,6-12,14-15H2,(H,24,26). The van der Waals surface area contributed by atoms with Crippen LogP contribution in [0.4, 0.5) is 0 Å². The van der Waals surface area contributed by atoms with E-state index in [4.69, 9.17) is 4.74 Å².